The Morgan fingerprint density at radius 2 is 2.00 bits per heavy atom. The third-order valence-electron chi connectivity index (χ3n) is 3.25. The van der Waals surface area contributed by atoms with Crippen LogP contribution in [0.15, 0.2) is 0 Å². The molecule has 0 aromatic carbocycles. The highest BCUT2D eigenvalue weighted by Crippen LogP contribution is 2.14. The summed E-state index contributed by atoms with van der Waals surface area (Å²) in [6.07, 6.45) is 8.13. The average molecular weight is 261 g/mol. The summed E-state index contributed by atoms with van der Waals surface area (Å²) < 4.78 is 2.10. The molecule has 0 saturated carbocycles. The SMILES string of the molecule is C#CCCCn1nc(C)c(CCNC(C)(C)C)c1C. The molecule has 0 spiro atoms. The first-order chi connectivity index (χ1) is 8.85. The molecule has 0 radical (unpaired) electrons. The third-order valence-corrected chi connectivity index (χ3v) is 3.25. The zero-order valence-electron chi connectivity index (χ0n) is 13.0. The summed E-state index contributed by atoms with van der Waals surface area (Å²) in [6, 6.07) is 0. The Balaban J connectivity index is 2.61. The van der Waals surface area contributed by atoms with Crippen LogP contribution in [-0.4, -0.2) is 21.9 Å². The van der Waals surface area contributed by atoms with Gasteiger partial charge in [0.1, 0.15) is 0 Å². The second-order valence-corrected chi connectivity index (χ2v) is 6.11. The van der Waals surface area contributed by atoms with Crippen molar-refractivity contribution in [2.24, 2.45) is 0 Å². The maximum atomic E-state index is 5.28. The average Bonchev–Trinajstić information content (AvgIpc) is 2.55. The summed E-state index contributed by atoms with van der Waals surface area (Å²) in [7, 11) is 0. The van der Waals surface area contributed by atoms with Crippen molar-refractivity contribution >= 4 is 0 Å². The number of aromatic nitrogens is 2. The minimum absolute atomic E-state index is 0.171. The van der Waals surface area contributed by atoms with E-state index in [9.17, 15) is 0 Å². The molecule has 1 aromatic rings. The Morgan fingerprint density at radius 1 is 1.32 bits per heavy atom. The van der Waals surface area contributed by atoms with Crippen molar-refractivity contribution in [3.8, 4) is 12.3 Å². The van der Waals surface area contributed by atoms with Crippen LogP contribution >= 0.6 is 0 Å². The Kier molecular flexibility index (Phi) is 5.62. The van der Waals surface area contributed by atoms with Gasteiger partial charge < -0.3 is 5.32 Å². The Morgan fingerprint density at radius 3 is 2.58 bits per heavy atom. The first-order valence-electron chi connectivity index (χ1n) is 7.06. The van der Waals surface area contributed by atoms with Crippen LogP contribution in [0.5, 0.6) is 0 Å². The molecule has 0 aliphatic heterocycles. The number of hydrogen-bond acceptors (Lipinski definition) is 2. The molecular formula is C16H27N3. The van der Waals surface area contributed by atoms with Gasteiger partial charge in [-0.2, -0.15) is 5.10 Å². The van der Waals surface area contributed by atoms with Crippen molar-refractivity contribution in [3.63, 3.8) is 0 Å². The van der Waals surface area contributed by atoms with E-state index in [1.165, 1.54) is 11.3 Å². The molecule has 1 aromatic heterocycles. The molecule has 0 amide bonds. The predicted octanol–water partition coefficient (Wildman–Crippen LogP) is 2.84. The van der Waals surface area contributed by atoms with E-state index in [0.29, 0.717) is 0 Å². The van der Waals surface area contributed by atoms with Gasteiger partial charge in [-0.05, 0) is 59.6 Å². The van der Waals surface area contributed by atoms with E-state index in [-0.39, 0.29) is 5.54 Å². The Hall–Kier alpha value is -1.27. The molecule has 3 heteroatoms. The smallest absolute Gasteiger partial charge is 0.0628 e. The quantitative estimate of drug-likeness (QED) is 0.630. The van der Waals surface area contributed by atoms with Gasteiger partial charge in [-0.1, -0.05) is 0 Å². The minimum Gasteiger partial charge on any atom is -0.312 e. The van der Waals surface area contributed by atoms with Crippen LogP contribution in [0.3, 0.4) is 0 Å². The van der Waals surface area contributed by atoms with Crippen LogP contribution in [-0.2, 0) is 13.0 Å². The molecule has 0 aliphatic rings. The lowest BCUT2D eigenvalue weighted by molar-refractivity contribution is 0.429. The summed E-state index contributed by atoms with van der Waals surface area (Å²) in [5, 5.41) is 8.14. The Labute approximate surface area is 117 Å². The number of nitrogens with zero attached hydrogens (tertiary/aromatic N) is 2. The van der Waals surface area contributed by atoms with Crippen LogP contribution in [0.4, 0.5) is 0 Å². The molecular weight excluding hydrogens is 234 g/mol. The molecule has 0 unspecified atom stereocenters. The maximum Gasteiger partial charge on any atom is 0.0628 e. The first-order valence-corrected chi connectivity index (χ1v) is 7.06. The monoisotopic (exact) mass is 261 g/mol. The fourth-order valence-corrected chi connectivity index (χ4v) is 2.21. The fraction of sp³-hybridized carbons (Fsp3) is 0.688. The predicted molar refractivity (Wildman–Crippen MR) is 81.2 cm³/mol. The molecule has 0 atom stereocenters. The Bertz CT molecular complexity index is 444. The summed E-state index contributed by atoms with van der Waals surface area (Å²) in [4.78, 5) is 0. The van der Waals surface area contributed by atoms with Crippen LogP contribution in [0.2, 0.25) is 0 Å². The van der Waals surface area contributed by atoms with Crippen molar-refractivity contribution in [1.29, 1.82) is 0 Å². The zero-order chi connectivity index (χ0) is 14.5. The number of hydrogen-bond donors (Lipinski definition) is 1. The lowest BCUT2D eigenvalue weighted by Gasteiger charge is -2.20. The second-order valence-electron chi connectivity index (χ2n) is 6.11. The van der Waals surface area contributed by atoms with Gasteiger partial charge in [-0.25, -0.2) is 0 Å². The van der Waals surface area contributed by atoms with Crippen molar-refractivity contribution in [2.75, 3.05) is 6.54 Å². The van der Waals surface area contributed by atoms with Crippen LogP contribution in [0.25, 0.3) is 0 Å². The highest BCUT2D eigenvalue weighted by atomic mass is 15.3. The maximum absolute atomic E-state index is 5.28. The topological polar surface area (TPSA) is 29.9 Å². The first kappa shape index (κ1) is 15.8. The van der Waals surface area contributed by atoms with E-state index in [0.717, 1.165) is 38.0 Å². The van der Waals surface area contributed by atoms with Crippen molar-refractivity contribution in [1.82, 2.24) is 15.1 Å². The van der Waals surface area contributed by atoms with Crippen LogP contribution in [0.1, 0.15) is 50.6 Å². The van der Waals surface area contributed by atoms with Gasteiger partial charge >= 0.3 is 0 Å². The summed E-state index contributed by atoms with van der Waals surface area (Å²) >= 11 is 0. The number of unbranched alkanes of at least 4 members (excludes halogenated alkanes) is 1. The van der Waals surface area contributed by atoms with Crippen molar-refractivity contribution in [2.45, 2.75) is 66.0 Å². The molecule has 3 nitrogen and oxygen atoms in total. The molecule has 1 rings (SSSR count). The fourth-order valence-electron chi connectivity index (χ4n) is 2.21. The van der Waals surface area contributed by atoms with E-state index in [4.69, 9.17) is 6.42 Å². The van der Waals surface area contributed by atoms with Crippen LogP contribution in [0, 0.1) is 26.2 Å². The molecule has 106 valence electrons. The van der Waals surface area contributed by atoms with Crippen LogP contribution < -0.4 is 5.32 Å². The normalized spacial score (nSPS) is 11.6. The highest BCUT2D eigenvalue weighted by Gasteiger charge is 2.13. The molecule has 0 bridgehead atoms. The number of rotatable bonds is 6. The number of nitrogens with one attached hydrogen (secondary N) is 1. The molecule has 1 N–H and O–H groups in total. The van der Waals surface area contributed by atoms with Crippen molar-refractivity contribution in [3.05, 3.63) is 17.0 Å². The molecule has 0 fully saturated rings. The number of terminal acetylenes is 1. The van der Waals surface area contributed by atoms with Gasteiger partial charge in [0.15, 0.2) is 0 Å². The standard InChI is InChI=1S/C16H27N3/c1-7-8-9-12-19-14(3)15(13(2)18-19)10-11-17-16(4,5)6/h1,17H,8-12H2,2-6H3. The highest BCUT2D eigenvalue weighted by molar-refractivity contribution is 5.24. The molecule has 19 heavy (non-hydrogen) atoms. The van der Waals surface area contributed by atoms with E-state index < -0.39 is 0 Å². The van der Waals surface area contributed by atoms with Gasteiger partial charge in [0.25, 0.3) is 0 Å². The van der Waals surface area contributed by atoms with Gasteiger partial charge in [0.2, 0.25) is 0 Å². The van der Waals surface area contributed by atoms with Gasteiger partial charge in [-0.3, -0.25) is 4.68 Å². The van der Waals surface area contributed by atoms with Gasteiger partial charge in [-0.15, -0.1) is 12.3 Å². The largest absolute Gasteiger partial charge is 0.312 e. The third kappa shape index (κ3) is 5.08. The summed E-state index contributed by atoms with van der Waals surface area (Å²) in [6.45, 7) is 12.7. The van der Waals surface area contributed by atoms with E-state index in [2.05, 4.69) is 55.6 Å². The van der Waals surface area contributed by atoms with Gasteiger partial charge in [0.05, 0.1) is 5.69 Å². The van der Waals surface area contributed by atoms with Crippen molar-refractivity contribution < 1.29 is 0 Å². The van der Waals surface area contributed by atoms with E-state index >= 15 is 0 Å². The zero-order valence-corrected chi connectivity index (χ0v) is 13.0. The second kappa shape index (κ2) is 6.77. The van der Waals surface area contributed by atoms with E-state index in [1.807, 2.05) is 0 Å². The van der Waals surface area contributed by atoms with E-state index in [1.54, 1.807) is 0 Å². The molecule has 0 saturated heterocycles. The minimum atomic E-state index is 0.171. The summed E-state index contributed by atoms with van der Waals surface area (Å²) in [5.74, 6) is 2.68. The lowest BCUT2D eigenvalue weighted by Crippen LogP contribution is -2.37. The molecule has 1 heterocycles. The number of aryl methyl sites for hydroxylation is 2. The summed E-state index contributed by atoms with van der Waals surface area (Å²) in [5.41, 5.74) is 3.97. The molecule has 0 aliphatic carbocycles. The lowest BCUT2D eigenvalue weighted by atomic mass is 10.1. The van der Waals surface area contributed by atoms with Gasteiger partial charge in [0, 0.05) is 24.2 Å².